The van der Waals surface area contributed by atoms with E-state index >= 15 is 0 Å². The van der Waals surface area contributed by atoms with Crippen molar-refractivity contribution in [2.75, 3.05) is 0 Å². The van der Waals surface area contributed by atoms with Gasteiger partial charge in [-0.1, -0.05) is 28.7 Å². The van der Waals surface area contributed by atoms with E-state index in [1.54, 1.807) is 6.07 Å². The predicted octanol–water partition coefficient (Wildman–Crippen LogP) is 2.75. The summed E-state index contributed by atoms with van der Waals surface area (Å²) < 4.78 is 0.730. The third kappa shape index (κ3) is 1.71. The van der Waals surface area contributed by atoms with E-state index in [1.807, 2.05) is 22.6 Å². The Hall–Kier alpha value is -1.16. The molecular formula is C7H3IN2O2. The molecule has 5 heteroatoms. The molecule has 0 aliphatic rings. The maximum Gasteiger partial charge on any atom is 0.259 e. The first-order valence-electron chi connectivity index (χ1n) is 2.96. The summed E-state index contributed by atoms with van der Waals surface area (Å²) in [5.41, 5.74) is 0.284. The maximum atomic E-state index is 10.3. The summed E-state index contributed by atoms with van der Waals surface area (Å²) in [6, 6.07) is 4.22. The largest absolute Gasteiger partial charge is 0.259 e. The monoisotopic (exact) mass is 274 g/mol. The maximum absolute atomic E-state index is 10.3. The second-order valence-corrected chi connectivity index (χ2v) is 3.17. The van der Waals surface area contributed by atoms with Gasteiger partial charge in [0.15, 0.2) is 0 Å². The average molecular weight is 274 g/mol. The lowest BCUT2D eigenvalue weighted by molar-refractivity contribution is -0.384. The summed E-state index contributed by atoms with van der Waals surface area (Å²) in [7, 11) is 0. The average Bonchev–Trinajstić information content (AvgIpc) is 2.05. The van der Waals surface area contributed by atoms with Crippen LogP contribution in [0.3, 0.4) is 0 Å². The number of rotatable bonds is 1. The van der Waals surface area contributed by atoms with Crippen molar-refractivity contribution in [1.29, 1.82) is 0 Å². The number of nitro groups is 1. The van der Waals surface area contributed by atoms with E-state index in [4.69, 9.17) is 6.57 Å². The van der Waals surface area contributed by atoms with Gasteiger partial charge >= 0.3 is 0 Å². The van der Waals surface area contributed by atoms with E-state index in [0.29, 0.717) is 5.69 Å². The Bertz CT molecular complexity index is 370. The van der Waals surface area contributed by atoms with Gasteiger partial charge < -0.3 is 0 Å². The zero-order valence-electron chi connectivity index (χ0n) is 5.82. The minimum Gasteiger partial charge on any atom is -0.258 e. The lowest BCUT2D eigenvalue weighted by Crippen LogP contribution is -1.86. The molecule has 0 radical (unpaired) electrons. The molecule has 0 aromatic heterocycles. The second-order valence-electron chi connectivity index (χ2n) is 2.00. The molecule has 0 heterocycles. The van der Waals surface area contributed by atoms with Crippen LogP contribution >= 0.6 is 22.6 Å². The summed E-state index contributed by atoms with van der Waals surface area (Å²) >= 11 is 1.96. The molecule has 0 N–H and O–H groups in total. The van der Waals surface area contributed by atoms with Gasteiger partial charge in [-0.05, 0) is 0 Å². The van der Waals surface area contributed by atoms with Crippen LogP contribution in [0.1, 0.15) is 0 Å². The van der Waals surface area contributed by atoms with Gasteiger partial charge in [0.25, 0.3) is 5.69 Å². The standard InChI is InChI=1S/C7H3IN2O2/c1-9-7-4-5(10(11)12)2-3-6(7)8/h2-4H. The van der Waals surface area contributed by atoms with Crippen LogP contribution in [-0.4, -0.2) is 4.92 Å². The first-order valence-corrected chi connectivity index (χ1v) is 4.04. The Kier molecular flexibility index (Phi) is 2.60. The van der Waals surface area contributed by atoms with Crippen LogP contribution in [-0.2, 0) is 0 Å². The van der Waals surface area contributed by atoms with Crippen LogP contribution in [0.4, 0.5) is 11.4 Å². The van der Waals surface area contributed by atoms with Crippen LogP contribution in [0.25, 0.3) is 4.85 Å². The summed E-state index contributed by atoms with van der Waals surface area (Å²) in [6.07, 6.45) is 0. The smallest absolute Gasteiger partial charge is 0.258 e. The molecule has 0 saturated heterocycles. The van der Waals surface area contributed by atoms with Crippen LogP contribution < -0.4 is 0 Å². The number of halogens is 1. The number of benzene rings is 1. The molecule has 1 rings (SSSR count). The molecule has 0 amide bonds. The van der Waals surface area contributed by atoms with E-state index in [2.05, 4.69) is 4.85 Å². The molecule has 0 aliphatic carbocycles. The van der Waals surface area contributed by atoms with E-state index in [9.17, 15) is 10.1 Å². The Labute approximate surface area is 82.3 Å². The lowest BCUT2D eigenvalue weighted by atomic mass is 10.3. The van der Waals surface area contributed by atoms with Crippen LogP contribution in [0, 0.1) is 20.3 Å². The number of hydrogen-bond donors (Lipinski definition) is 0. The number of hydrogen-bond acceptors (Lipinski definition) is 2. The molecule has 0 saturated carbocycles. The van der Waals surface area contributed by atoms with Crippen molar-refractivity contribution in [1.82, 2.24) is 0 Å². The normalized spacial score (nSPS) is 9.00. The van der Waals surface area contributed by atoms with Gasteiger partial charge in [0.1, 0.15) is 0 Å². The zero-order valence-corrected chi connectivity index (χ0v) is 7.98. The van der Waals surface area contributed by atoms with Crippen molar-refractivity contribution in [3.05, 3.63) is 43.3 Å². The number of nitro benzene ring substituents is 1. The Morgan fingerprint density at radius 3 is 2.75 bits per heavy atom. The van der Waals surface area contributed by atoms with Crippen LogP contribution in [0.2, 0.25) is 0 Å². The zero-order chi connectivity index (χ0) is 9.14. The van der Waals surface area contributed by atoms with Crippen molar-refractivity contribution in [2.24, 2.45) is 0 Å². The van der Waals surface area contributed by atoms with Gasteiger partial charge in [0.2, 0.25) is 5.69 Å². The summed E-state index contributed by atoms with van der Waals surface area (Å²) in [5, 5.41) is 10.3. The molecular weight excluding hydrogens is 271 g/mol. The fraction of sp³-hybridized carbons (Fsp3) is 0. The van der Waals surface area contributed by atoms with Gasteiger partial charge in [0.05, 0.1) is 11.5 Å². The number of non-ortho nitro benzene ring substituents is 1. The highest BCUT2D eigenvalue weighted by Crippen LogP contribution is 2.25. The third-order valence-corrected chi connectivity index (χ3v) is 2.17. The molecule has 1 aromatic carbocycles. The number of nitrogens with zero attached hydrogens (tertiary/aromatic N) is 2. The minimum absolute atomic E-state index is 0.0404. The highest BCUT2D eigenvalue weighted by molar-refractivity contribution is 14.1. The molecule has 12 heavy (non-hydrogen) atoms. The fourth-order valence-electron chi connectivity index (χ4n) is 0.700. The molecule has 60 valence electrons. The highest BCUT2D eigenvalue weighted by Gasteiger charge is 2.08. The van der Waals surface area contributed by atoms with Gasteiger partial charge in [-0.2, -0.15) is 0 Å². The molecule has 0 spiro atoms. The Morgan fingerprint density at radius 1 is 1.58 bits per heavy atom. The highest BCUT2D eigenvalue weighted by atomic mass is 127. The van der Waals surface area contributed by atoms with Crippen molar-refractivity contribution in [2.45, 2.75) is 0 Å². The SMILES string of the molecule is [C-]#[N+]c1cc([N+](=O)[O-])ccc1I. The summed E-state index contributed by atoms with van der Waals surface area (Å²) in [6.45, 7) is 6.72. The summed E-state index contributed by atoms with van der Waals surface area (Å²) in [4.78, 5) is 12.9. The van der Waals surface area contributed by atoms with E-state index in [-0.39, 0.29) is 5.69 Å². The minimum atomic E-state index is -0.509. The Balaban J connectivity index is 3.25. The quantitative estimate of drug-likeness (QED) is 0.342. The van der Waals surface area contributed by atoms with Crippen LogP contribution in [0.5, 0.6) is 0 Å². The third-order valence-electron chi connectivity index (χ3n) is 1.26. The van der Waals surface area contributed by atoms with Crippen molar-refractivity contribution in [3.8, 4) is 0 Å². The van der Waals surface area contributed by atoms with Crippen LogP contribution in [0.15, 0.2) is 18.2 Å². The molecule has 0 bridgehead atoms. The van der Waals surface area contributed by atoms with Gasteiger partial charge in [-0.25, -0.2) is 4.85 Å². The molecule has 0 aliphatic heterocycles. The topological polar surface area (TPSA) is 47.5 Å². The first-order chi connectivity index (χ1) is 5.65. The molecule has 4 nitrogen and oxygen atoms in total. The van der Waals surface area contributed by atoms with Gasteiger partial charge in [0, 0.05) is 15.7 Å². The molecule has 0 atom stereocenters. The van der Waals surface area contributed by atoms with Gasteiger partial charge in [-0.3, -0.25) is 10.1 Å². The Morgan fingerprint density at radius 2 is 2.25 bits per heavy atom. The van der Waals surface area contributed by atoms with E-state index in [1.165, 1.54) is 12.1 Å². The second kappa shape index (κ2) is 3.49. The predicted molar refractivity (Wildman–Crippen MR) is 52.1 cm³/mol. The first kappa shape index (κ1) is 8.93. The molecule has 1 aromatic rings. The van der Waals surface area contributed by atoms with E-state index in [0.717, 1.165) is 3.57 Å². The van der Waals surface area contributed by atoms with Crippen molar-refractivity contribution >= 4 is 34.0 Å². The lowest BCUT2D eigenvalue weighted by Gasteiger charge is -1.94. The molecule has 0 unspecified atom stereocenters. The fourth-order valence-corrected chi connectivity index (χ4v) is 1.16. The summed E-state index contributed by atoms with van der Waals surface area (Å²) in [5.74, 6) is 0. The van der Waals surface area contributed by atoms with Crippen molar-refractivity contribution in [3.63, 3.8) is 0 Å². The van der Waals surface area contributed by atoms with Gasteiger partial charge in [-0.15, -0.1) is 0 Å². The molecule has 0 fully saturated rings. The van der Waals surface area contributed by atoms with Crippen molar-refractivity contribution < 1.29 is 4.92 Å². The van der Waals surface area contributed by atoms with E-state index < -0.39 is 4.92 Å².